The summed E-state index contributed by atoms with van der Waals surface area (Å²) < 4.78 is -0.765. The zero-order chi connectivity index (χ0) is 10.9. The van der Waals surface area contributed by atoms with Gasteiger partial charge < -0.3 is 5.11 Å². The Bertz CT molecular complexity index is 274. The average molecular weight is 228 g/mol. The standard InChI is InChI=1S/C11H16O3S/c12-8-6-11(7-8,10(13)14)15-9-4-2-1-3-5-9/h9H,1-7H2,(H,13,14). The first-order valence-electron chi connectivity index (χ1n) is 5.55. The van der Waals surface area contributed by atoms with Crippen LogP contribution in [0.4, 0.5) is 0 Å². The van der Waals surface area contributed by atoms with Crippen molar-refractivity contribution >= 4 is 23.5 Å². The fourth-order valence-electron chi connectivity index (χ4n) is 2.37. The maximum atomic E-state index is 11.1. The number of rotatable bonds is 3. The first-order chi connectivity index (χ1) is 7.12. The molecule has 0 heterocycles. The molecule has 0 atom stereocenters. The molecule has 2 aliphatic carbocycles. The van der Waals surface area contributed by atoms with Gasteiger partial charge in [-0.05, 0) is 12.8 Å². The van der Waals surface area contributed by atoms with E-state index in [0.717, 1.165) is 12.8 Å². The van der Waals surface area contributed by atoms with Gasteiger partial charge in [-0.1, -0.05) is 19.3 Å². The lowest BCUT2D eigenvalue weighted by molar-refractivity contribution is -0.147. The van der Waals surface area contributed by atoms with Crippen molar-refractivity contribution in [3.05, 3.63) is 0 Å². The van der Waals surface area contributed by atoms with Crippen molar-refractivity contribution in [2.24, 2.45) is 0 Å². The number of thioether (sulfide) groups is 1. The van der Waals surface area contributed by atoms with Crippen LogP contribution >= 0.6 is 11.8 Å². The van der Waals surface area contributed by atoms with Gasteiger partial charge in [0, 0.05) is 18.1 Å². The molecule has 0 aliphatic heterocycles. The number of carbonyl (C=O) groups is 2. The molecule has 3 nitrogen and oxygen atoms in total. The van der Waals surface area contributed by atoms with E-state index in [9.17, 15) is 9.59 Å². The summed E-state index contributed by atoms with van der Waals surface area (Å²) in [4.78, 5) is 22.1. The Kier molecular flexibility index (Phi) is 3.05. The van der Waals surface area contributed by atoms with Crippen LogP contribution in [0.25, 0.3) is 0 Å². The smallest absolute Gasteiger partial charge is 0.320 e. The topological polar surface area (TPSA) is 54.4 Å². The Hall–Kier alpha value is -0.510. The summed E-state index contributed by atoms with van der Waals surface area (Å²) in [6, 6.07) is 0. The molecule has 0 amide bonds. The van der Waals surface area contributed by atoms with Crippen molar-refractivity contribution in [3.63, 3.8) is 0 Å². The van der Waals surface area contributed by atoms with Crippen LogP contribution in [0, 0.1) is 0 Å². The molecular formula is C11H16O3S. The van der Waals surface area contributed by atoms with E-state index in [1.807, 2.05) is 0 Å². The fourth-order valence-corrected chi connectivity index (χ4v) is 4.17. The van der Waals surface area contributed by atoms with Gasteiger partial charge >= 0.3 is 5.97 Å². The van der Waals surface area contributed by atoms with E-state index >= 15 is 0 Å². The van der Waals surface area contributed by atoms with Gasteiger partial charge in [-0.25, -0.2) is 0 Å². The van der Waals surface area contributed by atoms with Crippen LogP contribution in [0.1, 0.15) is 44.9 Å². The van der Waals surface area contributed by atoms with Gasteiger partial charge in [-0.2, -0.15) is 0 Å². The molecule has 0 saturated heterocycles. The molecule has 4 heteroatoms. The zero-order valence-electron chi connectivity index (χ0n) is 8.70. The average Bonchev–Trinajstić information content (AvgIpc) is 2.16. The van der Waals surface area contributed by atoms with Gasteiger partial charge in [-0.15, -0.1) is 11.8 Å². The molecule has 2 aliphatic rings. The van der Waals surface area contributed by atoms with E-state index < -0.39 is 10.7 Å². The quantitative estimate of drug-likeness (QED) is 0.805. The van der Waals surface area contributed by atoms with Gasteiger partial charge in [-0.3, -0.25) is 9.59 Å². The SMILES string of the molecule is O=C1CC(SC2CCCCC2)(C(=O)O)C1. The number of carboxylic acid groups (broad SMARTS) is 1. The molecule has 0 aromatic rings. The fraction of sp³-hybridized carbons (Fsp3) is 0.818. The molecule has 0 radical (unpaired) electrons. The normalized spacial score (nSPS) is 26.0. The summed E-state index contributed by atoms with van der Waals surface area (Å²) in [5.74, 6) is -0.696. The molecular weight excluding hydrogens is 212 g/mol. The second-order valence-electron chi connectivity index (χ2n) is 4.57. The molecule has 0 spiro atoms. The van der Waals surface area contributed by atoms with Gasteiger partial charge in [0.15, 0.2) is 0 Å². The van der Waals surface area contributed by atoms with Gasteiger partial charge in [0.2, 0.25) is 0 Å². The Morgan fingerprint density at radius 2 is 1.87 bits per heavy atom. The van der Waals surface area contributed by atoms with Crippen molar-refractivity contribution in [1.29, 1.82) is 0 Å². The molecule has 0 aromatic heterocycles. The second-order valence-corrected chi connectivity index (χ2v) is 6.25. The molecule has 15 heavy (non-hydrogen) atoms. The Balaban J connectivity index is 1.95. The zero-order valence-corrected chi connectivity index (χ0v) is 9.52. The van der Waals surface area contributed by atoms with Gasteiger partial charge in [0.05, 0.1) is 0 Å². The molecule has 2 rings (SSSR count). The summed E-state index contributed by atoms with van der Waals surface area (Å²) in [7, 11) is 0. The predicted octanol–water partition coefficient (Wildman–Crippen LogP) is 2.24. The molecule has 84 valence electrons. The number of carbonyl (C=O) groups excluding carboxylic acids is 1. The third-order valence-electron chi connectivity index (χ3n) is 3.30. The summed E-state index contributed by atoms with van der Waals surface area (Å²) in [5.41, 5.74) is 0. The van der Waals surface area contributed by atoms with Crippen LogP contribution in [0.2, 0.25) is 0 Å². The summed E-state index contributed by atoms with van der Waals surface area (Å²) >= 11 is 1.55. The first-order valence-corrected chi connectivity index (χ1v) is 6.43. The minimum absolute atomic E-state index is 0.0979. The number of ketones is 1. The lowest BCUT2D eigenvalue weighted by Gasteiger charge is -2.39. The Labute approximate surface area is 93.6 Å². The third kappa shape index (κ3) is 2.19. The van der Waals surface area contributed by atoms with E-state index in [1.165, 1.54) is 19.3 Å². The van der Waals surface area contributed by atoms with Crippen LogP contribution < -0.4 is 0 Å². The summed E-state index contributed by atoms with van der Waals surface area (Å²) in [5, 5.41) is 9.62. The second kappa shape index (κ2) is 4.16. The third-order valence-corrected chi connectivity index (χ3v) is 5.02. The number of hydrogen-bond acceptors (Lipinski definition) is 3. The van der Waals surface area contributed by atoms with E-state index in [4.69, 9.17) is 5.11 Å². The molecule has 0 bridgehead atoms. The highest BCUT2D eigenvalue weighted by Crippen LogP contribution is 2.47. The highest BCUT2D eigenvalue weighted by molar-refractivity contribution is 8.02. The largest absolute Gasteiger partial charge is 0.480 e. The predicted molar refractivity (Wildman–Crippen MR) is 59.1 cm³/mol. The highest BCUT2D eigenvalue weighted by atomic mass is 32.2. The van der Waals surface area contributed by atoms with E-state index in [-0.39, 0.29) is 18.6 Å². The molecule has 2 saturated carbocycles. The monoisotopic (exact) mass is 228 g/mol. The van der Waals surface area contributed by atoms with Crippen molar-refractivity contribution < 1.29 is 14.7 Å². The minimum atomic E-state index is -0.794. The number of hydrogen-bond donors (Lipinski definition) is 1. The molecule has 1 N–H and O–H groups in total. The van der Waals surface area contributed by atoms with Crippen molar-refractivity contribution in [2.75, 3.05) is 0 Å². The van der Waals surface area contributed by atoms with E-state index in [1.54, 1.807) is 11.8 Å². The highest BCUT2D eigenvalue weighted by Gasteiger charge is 2.51. The molecule has 0 unspecified atom stereocenters. The molecule has 2 fully saturated rings. The van der Waals surface area contributed by atoms with Gasteiger partial charge in [0.25, 0.3) is 0 Å². The maximum absolute atomic E-state index is 11.1. The van der Waals surface area contributed by atoms with Crippen LogP contribution in [0.3, 0.4) is 0 Å². The van der Waals surface area contributed by atoms with Crippen molar-refractivity contribution in [3.8, 4) is 0 Å². The Morgan fingerprint density at radius 1 is 1.27 bits per heavy atom. The lowest BCUT2D eigenvalue weighted by atomic mass is 9.83. The van der Waals surface area contributed by atoms with Crippen molar-refractivity contribution in [1.82, 2.24) is 0 Å². The van der Waals surface area contributed by atoms with Crippen molar-refractivity contribution in [2.45, 2.75) is 54.9 Å². The van der Waals surface area contributed by atoms with E-state index in [2.05, 4.69) is 0 Å². The van der Waals surface area contributed by atoms with E-state index in [0.29, 0.717) is 5.25 Å². The van der Waals surface area contributed by atoms with Crippen LogP contribution in [-0.2, 0) is 9.59 Å². The van der Waals surface area contributed by atoms with Crippen LogP contribution in [0.15, 0.2) is 0 Å². The minimum Gasteiger partial charge on any atom is -0.480 e. The van der Waals surface area contributed by atoms with Crippen LogP contribution in [0.5, 0.6) is 0 Å². The number of Topliss-reactive ketones (excluding diaryl/α,β-unsaturated/α-hetero) is 1. The first kappa shape index (κ1) is 11.0. The van der Waals surface area contributed by atoms with Crippen LogP contribution in [-0.4, -0.2) is 26.9 Å². The lowest BCUT2D eigenvalue weighted by Crippen LogP contribution is -2.49. The number of carboxylic acids is 1. The molecule has 0 aromatic carbocycles. The Morgan fingerprint density at radius 3 is 2.33 bits per heavy atom. The number of aliphatic carboxylic acids is 1. The summed E-state index contributed by atoms with van der Waals surface area (Å²) in [6.07, 6.45) is 6.41. The summed E-state index contributed by atoms with van der Waals surface area (Å²) in [6.45, 7) is 0. The maximum Gasteiger partial charge on any atom is 0.320 e. The van der Waals surface area contributed by atoms with Gasteiger partial charge in [0.1, 0.15) is 10.5 Å².